The first-order chi connectivity index (χ1) is 10.8. The number of H-pyrrole nitrogens is 1. The SMILES string of the molecule is C=CCNC(=O)C1CCN(Cc2nc3ccccc3[nH]2)CC1. The van der Waals surface area contributed by atoms with Gasteiger partial charge in [-0.15, -0.1) is 6.58 Å². The van der Waals surface area contributed by atoms with E-state index in [2.05, 4.69) is 26.8 Å². The van der Waals surface area contributed by atoms with Crippen LogP contribution in [0.4, 0.5) is 0 Å². The van der Waals surface area contributed by atoms with Gasteiger partial charge in [0.05, 0.1) is 17.6 Å². The number of imidazole rings is 1. The minimum absolute atomic E-state index is 0.131. The van der Waals surface area contributed by atoms with Crippen molar-refractivity contribution in [3.05, 3.63) is 42.7 Å². The summed E-state index contributed by atoms with van der Waals surface area (Å²) in [5, 5.41) is 2.89. The van der Waals surface area contributed by atoms with Gasteiger partial charge in [0.25, 0.3) is 0 Å². The van der Waals surface area contributed by atoms with Crippen LogP contribution in [-0.4, -0.2) is 40.4 Å². The molecule has 0 saturated carbocycles. The molecule has 0 unspecified atom stereocenters. The molecule has 5 heteroatoms. The number of likely N-dealkylation sites (tertiary alicyclic amines) is 1. The number of fused-ring (bicyclic) bond motifs is 1. The lowest BCUT2D eigenvalue weighted by molar-refractivity contribution is -0.126. The standard InChI is InChI=1S/C17H22N4O/c1-2-9-18-17(22)13-7-10-21(11-8-13)12-16-19-14-5-3-4-6-15(14)20-16/h2-6,13H,1,7-12H2,(H,18,22)(H,19,20). The van der Waals surface area contributed by atoms with Crippen LogP contribution in [0.25, 0.3) is 11.0 Å². The molecule has 1 aliphatic heterocycles. The van der Waals surface area contributed by atoms with Crippen LogP contribution < -0.4 is 5.32 Å². The Balaban J connectivity index is 1.53. The minimum atomic E-state index is 0.131. The molecule has 1 aromatic heterocycles. The molecule has 1 aromatic carbocycles. The van der Waals surface area contributed by atoms with E-state index < -0.39 is 0 Å². The highest BCUT2D eigenvalue weighted by molar-refractivity contribution is 5.78. The van der Waals surface area contributed by atoms with Crippen molar-refractivity contribution >= 4 is 16.9 Å². The monoisotopic (exact) mass is 298 g/mol. The molecule has 5 nitrogen and oxygen atoms in total. The highest BCUT2D eigenvalue weighted by Crippen LogP contribution is 2.19. The molecule has 2 heterocycles. The predicted molar refractivity (Wildman–Crippen MR) is 87.3 cm³/mol. The Bertz CT molecular complexity index is 622. The van der Waals surface area contributed by atoms with Gasteiger partial charge in [0, 0.05) is 12.5 Å². The number of amides is 1. The van der Waals surface area contributed by atoms with E-state index in [1.165, 1.54) is 0 Å². The van der Waals surface area contributed by atoms with Gasteiger partial charge in [-0.3, -0.25) is 9.69 Å². The summed E-state index contributed by atoms with van der Waals surface area (Å²) in [6.07, 6.45) is 3.53. The molecule has 1 amide bonds. The number of hydrogen-bond acceptors (Lipinski definition) is 3. The first-order valence-corrected chi connectivity index (χ1v) is 7.81. The van der Waals surface area contributed by atoms with E-state index in [1.54, 1.807) is 6.08 Å². The summed E-state index contributed by atoms with van der Waals surface area (Å²) < 4.78 is 0. The van der Waals surface area contributed by atoms with Crippen LogP contribution in [0.3, 0.4) is 0 Å². The summed E-state index contributed by atoms with van der Waals surface area (Å²) in [5.41, 5.74) is 2.09. The molecule has 0 radical (unpaired) electrons. The number of hydrogen-bond donors (Lipinski definition) is 2. The van der Waals surface area contributed by atoms with E-state index in [-0.39, 0.29) is 11.8 Å². The van der Waals surface area contributed by atoms with E-state index in [9.17, 15) is 4.79 Å². The maximum atomic E-state index is 11.9. The Morgan fingerprint density at radius 1 is 1.41 bits per heavy atom. The predicted octanol–water partition coefficient (Wildman–Crippen LogP) is 2.08. The van der Waals surface area contributed by atoms with E-state index in [0.717, 1.165) is 49.3 Å². The molecule has 22 heavy (non-hydrogen) atoms. The number of piperidine rings is 1. The molecular formula is C17H22N4O. The van der Waals surface area contributed by atoms with Crippen LogP contribution in [0, 0.1) is 5.92 Å². The second-order valence-electron chi connectivity index (χ2n) is 5.78. The Morgan fingerprint density at radius 2 is 2.18 bits per heavy atom. The Labute approximate surface area is 130 Å². The van der Waals surface area contributed by atoms with Crippen molar-refractivity contribution in [1.29, 1.82) is 0 Å². The van der Waals surface area contributed by atoms with Gasteiger partial charge in [-0.25, -0.2) is 4.98 Å². The topological polar surface area (TPSA) is 61.0 Å². The summed E-state index contributed by atoms with van der Waals surface area (Å²) in [5.74, 6) is 1.28. The zero-order valence-electron chi connectivity index (χ0n) is 12.7. The number of aromatic nitrogens is 2. The highest BCUT2D eigenvalue weighted by atomic mass is 16.1. The maximum Gasteiger partial charge on any atom is 0.223 e. The van der Waals surface area contributed by atoms with Crippen molar-refractivity contribution in [3.63, 3.8) is 0 Å². The fraction of sp³-hybridized carbons (Fsp3) is 0.412. The Kier molecular flexibility index (Phi) is 4.53. The smallest absolute Gasteiger partial charge is 0.223 e. The molecule has 1 fully saturated rings. The van der Waals surface area contributed by atoms with Crippen molar-refractivity contribution in [1.82, 2.24) is 20.2 Å². The average molecular weight is 298 g/mol. The number of carbonyl (C=O) groups excluding carboxylic acids is 1. The third-order valence-corrected chi connectivity index (χ3v) is 4.19. The summed E-state index contributed by atoms with van der Waals surface area (Å²) in [4.78, 5) is 22.3. The molecule has 0 bridgehead atoms. The van der Waals surface area contributed by atoms with Gasteiger partial charge in [0.2, 0.25) is 5.91 Å². The highest BCUT2D eigenvalue weighted by Gasteiger charge is 2.24. The molecule has 0 atom stereocenters. The Hall–Kier alpha value is -2.14. The van der Waals surface area contributed by atoms with Crippen LogP contribution >= 0.6 is 0 Å². The van der Waals surface area contributed by atoms with Gasteiger partial charge < -0.3 is 10.3 Å². The molecule has 1 saturated heterocycles. The lowest BCUT2D eigenvalue weighted by Crippen LogP contribution is -2.40. The van der Waals surface area contributed by atoms with Gasteiger partial charge in [-0.2, -0.15) is 0 Å². The van der Waals surface area contributed by atoms with Crippen LogP contribution in [0.15, 0.2) is 36.9 Å². The van der Waals surface area contributed by atoms with Crippen LogP contribution in [0.1, 0.15) is 18.7 Å². The van der Waals surface area contributed by atoms with Gasteiger partial charge >= 0.3 is 0 Å². The zero-order valence-corrected chi connectivity index (χ0v) is 12.7. The zero-order chi connectivity index (χ0) is 15.4. The van der Waals surface area contributed by atoms with Crippen LogP contribution in [-0.2, 0) is 11.3 Å². The maximum absolute atomic E-state index is 11.9. The molecule has 0 aliphatic carbocycles. The van der Waals surface area contributed by atoms with Gasteiger partial charge in [-0.05, 0) is 38.1 Å². The number of carbonyl (C=O) groups is 1. The number of nitrogens with zero attached hydrogens (tertiary/aromatic N) is 2. The Morgan fingerprint density at radius 3 is 2.91 bits per heavy atom. The number of para-hydroxylation sites is 2. The second-order valence-corrected chi connectivity index (χ2v) is 5.78. The summed E-state index contributed by atoms with van der Waals surface area (Å²) in [6.45, 7) is 6.86. The van der Waals surface area contributed by atoms with Crippen molar-refractivity contribution < 1.29 is 4.79 Å². The van der Waals surface area contributed by atoms with Crippen molar-refractivity contribution in [2.45, 2.75) is 19.4 Å². The van der Waals surface area contributed by atoms with Gasteiger partial charge in [-0.1, -0.05) is 18.2 Å². The molecular weight excluding hydrogens is 276 g/mol. The van der Waals surface area contributed by atoms with E-state index in [4.69, 9.17) is 0 Å². The number of nitrogens with one attached hydrogen (secondary N) is 2. The quantitative estimate of drug-likeness (QED) is 0.831. The lowest BCUT2D eigenvalue weighted by atomic mass is 9.96. The average Bonchev–Trinajstić information content (AvgIpc) is 2.95. The lowest BCUT2D eigenvalue weighted by Gasteiger charge is -2.30. The fourth-order valence-corrected chi connectivity index (χ4v) is 2.96. The van der Waals surface area contributed by atoms with E-state index in [1.807, 2.05) is 24.3 Å². The number of rotatable bonds is 5. The fourth-order valence-electron chi connectivity index (χ4n) is 2.96. The summed E-state index contributed by atoms with van der Waals surface area (Å²) in [6, 6.07) is 8.07. The summed E-state index contributed by atoms with van der Waals surface area (Å²) in [7, 11) is 0. The van der Waals surface area contributed by atoms with Crippen molar-refractivity contribution in [2.24, 2.45) is 5.92 Å². The van der Waals surface area contributed by atoms with E-state index >= 15 is 0 Å². The molecule has 0 spiro atoms. The van der Waals surface area contributed by atoms with Crippen molar-refractivity contribution in [2.75, 3.05) is 19.6 Å². The van der Waals surface area contributed by atoms with E-state index in [0.29, 0.717) is 6.54 Å². The van der Waals surface area contributed by atoms with Gasteiger partial charge in [0.15, 0.2) is 0 Å². The van der Waals surface area contributed by atoms with Gasteiger partial charge in [0.1, 0.15) is 5.82 Å². The van der Waals surface area contributed by atoms with Crippen LogP contribution in [0.5, 0.6) is 0 Å². The van der Waals surface area contributed by atoms with Crippen molar-refractivity contribution in [3.8, 4) is 0 Å². The molecule has 2 aromatic rings. The number of aromatic amines is 1. The third kappa shape index (κ3) is 3.36. The molecule has 2 N–H and O–H groups in total. The van der Waals surface area contributed by atoms with Crippen LogP contribution in [0.2, 0.25) is 0 Å². The number of benzene rings is 1. The third-order valence-electron chi connectivity index (χ3n) is 4.19. The first kappa shape index (κ1) is 14.8. The summed E-state index contributed by atoms with van der Waals surface area (Å²) >= 11 is 0. The largest absolute Gasteiger partial charge is 0.352 e. The first-order valence-electron chi connectivity index (χ1n) is 7.81. The second kappa shape index (κ2) is 6.75. The minimum Gasteiger partial charge on any atom is -0.352 e. The molecule has 1 aliphatic rings. The molecule has 116 valence electrons. The normalized spacial score (nSPS) is 16.7. The molecule has 3 rings (SSSR count).